The molecule has 7 nitrogen and oxygen atoms in total. The van der Waals surface area contributed by atoms with Crippen LogP contribution in [0.25, 0.3) is 0 Å². The summed E-state index contributed by atoms with van der Waals surface area (Å²) in [5.41, 5.74) is 0. The van der Waals surface area contributed by atoms with E-state index >= 15 is 0 Å². The summed E-state index contributed by atoms with van der Waals surface area (Å²) in [4.78, 5) is 33.2. The molecule has 0 unspecified atom stereocenters. The van der Waals surface area contributed by atoms with Crippen LogP contribution < -0.4 is 16.0 Å². The van der Waals surface area contributed by atoms with E-state index in [-0.39, 0.29) is 12.6 Å². The first-order valence-corrected chi connectivity index (χ1v) is 6.05. The number of rotatable bonds is 5. The van der Waals surface area contributed by atoms with Gasteiger partial charge in [-0.3, -0.25) is 20.2 Å². The number of amides is 3. The average molecular weight is 257 g/mol. The van der Waals surface area contributed by atoms with Crippen LogP contribution in [0.15, 0.2) is 0 Å². The van der Waals surface area contributed by atoms with E-state index in [2.05, 4.69) is 16.0 Å². The molecule has 4 N–H and O–H groups in total. The number of carboxylic acids is 1. The van der Waals surface area contributed by atoms with Gasteiger partial charge in [-0.05, 0) is 19.8 Å². The summed E-state index contributed by atoms with van der Waals surface area (Å²) in [6, 6.07) is -1.20. The molecular weight excluding hydrogens is 238 g/mol. The highest BCUT2D eigenvalue weighted by molar-refractivity contribution is 5.95. The van der Waals surface area contributed by atoms with Crippen molar-refractivity contribution in [3.8, 4) is 0 Å². The molecule has 1 fully saturated rings. The minimum atomic E-state index is -1.04. The monoisotopic (exact) mass is 257 g/mol. The van der Waals surface area contributed by atoms with Crippen molar-refractivity contribution in [3.05, 3.63) is 0 Å². The third-order valence-corrected chi connectivity index (χ3v) is 2.88. The maximum Gasteiger partial charge on any atom is 0.321 e. The molecule has 0 saturated heterocycles. The van der Waals surface area contributed by atoms with Crippen LogP contribution in [0, 0.1) is 0 Å². The van der Waals surface area contributed by atoms with E-state index in [1.807, 2.05) is 0 Å². The summed E-state index contributed by atoms with van der Waals surface area (Å²) in [6.45, 7) is 1.22. The van der Waals surface area contributed by atoms with Crippen molar-refractivity contribution in [2.45, 2.75) is 44.7 Å². The van der Waals surface area contributed by atoms with Gasteiger partial charge in [0.15, 0.2) is 0 Å². The molecule has 1 aliphatic carbocycles. The summed E-state index contributed by atoms with van der Waals surface area (Å²) in [7, 11) is 0. The van der Waals surface area contributed by atoms with Gasteiger partial charge in [0.1, 0.15) is 6.04 Å². The minimum absolute atomic E-state index is 0.142. The van der Waals surface area contributed by atoms with Gasteiger partial charge in [0.25, 0.3) is 0 Å². The maximum atomic E-state index is 11.4. The molecule has 0 aliphatic heterocycles. The fourth-order valence-electron chi connectivity index (χ4n) is 1.80. The molecule has 0 heterocycles. The number of nitrogens with one attached hydrogen (secondary N) is 3. The summed E-state index contributed by atoms with van der Waals surface area (Å²) >= 11 is 0. The average Bonchev–Trinajstić information content (AvgIpc) is 2.78. The summed E-state index contributed by atoms with van der Waals surface area (Å²) < 4.78 is 0. The molecule has 3 amide bonds. The molecule has 7 heteroatoms. The molecule has 1 atom stereocenters. The minimum Gasteiger partial charge on any atom is -0.480 e. The highest BCUT2D eigenvalue weighted by atomic mass is 16.4. The second kappa shape index (κ2) is 6.95. The maximum absolute atomic E-state index is 11.4. The van der Waals surface area contributed by atoms with Crippen molar-refractivity contribution >= 4 is 17.9 Å². The number of hydrogen-bond donors (Lipinski definition) is 4. The van der Waals surface area contributed by atoms with Crippen LogP contribution >= 0.6 is 0 Å². The second-order valence-electron chi connectivity index (χ2n) is 4.44. The molecule has 0 radical (unpaired) electrons. The fourth-order valence-corrected chi connectivity index (χ4v) is 1.80. The molecule has 1 rings (SSSR count). The van der Waals surface area contributed by atoms with Crippen LogP contribution in [-0.4, -0.2) is 41.6 Å². The first-order valence-electron chi connectivity index (χ1n) is 6.05. The van der Waals surface area contributed by atoms with Gasteiger partial charge >= 0.3 is 12.0 Å². The highest BCUT2D eigenvalue weighted by Crippen LogP contribution is 2.17. The lowest BCUT2D eigenvalue weighted by Crippen LogP contribution is -2.48. The number of imide groups is 1. The quantitative estimate of drug-likeness (QED) is 0.546. The van der Waals surface area contributed by atoms with E-state index in [1.54, 1.807) is 0 Å². The van der Waals surface area contributed by atoms with E-state index in [0.717, 1.165) is 25.7 Å². The van der Waals surface area contributed by atoms with Crippen LogP contribution in [0.4, 0.5) is 4.79 Å². The number of aliphatic carboxylic acids is 1. The molecule has 102 valence electrons. The number of urea groups is 1. The van der Waals surface area contributed by atoms with Gasteiger partial charge < -0.3 is 10.4 Å². The lowest BCUT2D eigenvalue weighted by atomic mass is 10.2. The highest BCUT2D eigenvalue weighted by Gasteiger charge is 2.18. The Morgan fingerprint density at radius 2 is 1.89 bits per heavy atom. The Morgan fingerprint density at radius 3 is 2.44 bits per heavy atom. The largest absolute Gasteiger partial charge is 0.480 e. The van der Waals surface area contributed by atoms with E-state index in [4.69, 9.17) is 5.11 Å². The number of carbonyl (C=O) groups excluding carboxylic acids is 2. The Hall–Kier alpha value is -1.63. The van der Waals surface area contributed by atoms with Gasteiger partial charge in [-0.2, -0.15) is 0 Å². The molecule has 18 heavy (non-hydrogen) atoms. The predicted octanol–water partition coefficient (Wildman–Crippen LogP) is -0.182. The van der Waals surface area contributed by atoms with Crippen molar-refractivity contribution in [2.24, 2.45) is 0 Å². The third-order valence-electron chi connectivity index (χ3n) is 2.88. The van der Waals surface area contributed by atoms with Gasteiger partial charge in [0.2, 0.25) is 5.91 Å². The molecule has 0 bridgehead atoms. The summed E-state index contributed by atoms with van der Waals surface area (Å²) in [5.74, 6) is -1.59. The standard InChI is InChI=1S/C11H19N3O4/c1-7(10(16)17)12-6-9(15)14-11(18)13-8-4-2-3-5-8/h7-8,12H,2-6H2,1H3,(H,16,17)(H2,13,14,15,18)/t7-/m1/s1. The van der Waals surface area contributed by atoms with Crippen molar-refractivity contribution in [3.63, 3.8) is 0 Å². The van der Waals surface area contributed by atoms with Crippen LogP contribution in [0.2, 0.25) is 0 Å². The Balaban J connectivity index is 2.18. The van der Waals surface area contributed by atoms with Gasteiger partial charge in [-0.25, -0.2) is 4.79 Å². The molecular formula is C11H19N3O4. The van der Waals surface area contributed by atoms with Crippen LogP contribution in [0.1, 0.15) is 32.6 Å². The third kappa shape index (κ3) is 5.13. The van der Waals surface area contributed by atoms with Crippen molar-refractivity contribution < 1.29 is 19.5 Å². The van der Waals surface area contributed by atoms with Gasteiger partial charge in [0, 0.05) is 6.04 Å². The molecule has 0 spiro atoms. The summed E-state index contributed by atoms with van der Waals surface area (Å²) in [6.07, 6.45) is 4.07. The van der Waals surface area contributed by atoms with E-state index in [0.29, 0.717) is 0 Å². The number of carboxylic acid groups (broad SMARTS) is 1. The topological polar surface area (TPSA) is 108 Å². The SMILES string of the molecule is C[C@@H](NCC(=O)NC(=O)NC1CCCC1)C(=O)O. The zero-order chi connectivity index (χ0) is 13.5. The fraction of sp³-hybridized carbons (Fsp3) is 0.727. The van der Waals surface area contributed by atoms with E-state index < -0.39 is 23.9 Å². The van der Waals surface area contributed by atoms with Gasteiger partial charge in [-0.1, -0.05) is 12.8 Å². The lowest BCUT2D eigenvalue weighted by Gasteiger charge is -2.13. The first kappa shape index (κ1) is 14.4. The Kier molecular flexibility index (Phi) is 5.57. The van der Waals surface area contributed by atoms with Crippen LogP contribution in [-0.2, 0) is 9.59 Å². The number of carbonyl (C=O) groups is 3. The van der Waals surface area contributed by atoms with E-state index in [9.17, 15) is 14.4 Å². The Labute approximate surface area is 105 Å². The summed E-state index contributed by atoms with van der Waals surface area (Å²) in [5, 5.41) is 15.9. The lowest BCUT2D eigenvalue weighted by molar-refractivity contribution is -0.139. The van der Waals surface area contributed by atoms with E-state index in [1.165, 1.54) is 6.92 Å². The predicted molar refractivity (Wildman–Crippen MR) is 64.0 cm³/mol. The zero-order valence-electron chi connectivity index (χ0n) is 10.4. The van der Waals surface area contributed by atoms with Crippen LogP contribution in [0.3, 0.4) is 0 Å². The normalized spacial score (nSPS) is 17.2. The first-order chi connectivity index (χ1) is 8.49. The molecule has 0 aromatic rings. The zero-order valence-corrected chi connectivity index (χ0v) is 10.4. The van der Waals surface area contributed by atoms with Gasteiger partial charge in [-0.15, -0.1) is 0 Å². The van der Waals surface area contributed by atoms with Gasteiger partial charge in [0.05, 0.1) is 6.54 Å². The Morgan fingerprint density at radius 1 is 1.28 bits per heavy atom. The smallest absolute Gasteiger partial charge is 0.321 e. The van der Waals surface area contributed by atoms with Crippen molar-refractivity contribution in [1.82, 2.24) is 16.0 Å². The molecule has 1 saturated carbocycles. The molecule has 0 aromatic carbocycles. The van der Waals surface area contributed by atoms with Crippen molar-refractivity contribution in [1.29, 1.82) is 0 Å². The van der Waals surface area contributed by atoms with Crippen molar-refractivity contribution in [2.75, 3.05) is 6.54 Å². The molecule has 0 aromatic heterocycles. The number of hydrogen-bond acceptors (Lipinski definition) is 4. The van der Waals surface area contributed by atoms with Crippen LogP contribution in [0.5, 0.6) is 0 Å². The second-order valence-corrected chi connectivity index (χ2v) is 4.44. The molecule has 1 aliphatic rings. The Bertz CT molecular complexity index is 326.